The molecule has 3 heteroatoms. The van der Waals surface area contributed by atoms with E-state index in [-0.39, 0.29) is 0 Å². The fourth-order valence-electron chi connectivity index (χ4n) is 2.54. The Hall–Kier alpha value is -0.670. The van der Waals surface area contributed by atoms with Gasteiger partial charge < -0.3 is 10.6 Å². The molecule has 1 fully saturated rings. The summed E-state index contributed by atoms with van der Waals surface area (Å²) in [5.74, 6) is 1.26. The largest absolute Gasteiger partial charge is 0.399 e. The van der Waals surface area contributed by atoms with Crippen LogP contribution in [0.15, 0.2) is 24.3 Å². The summed E-state index contributed by atoms with van der Waals surface area (Å²) < 4.78 is 0.457. The molecule has 1 aromatic rings. The lowest BCUT2D eigenvalue weighted by Gasteiger charge is -2.22. The summed E-state index contributed by atoms with van der Waals surface area (Å²) in [6.07, 6.45) is 3.60. The molecule has 1 aliphatic heterocycles. The van der Waals surface area contributed by atoms with Crippen LogP contribution in [-0.2, 0) is 6.42 Å². The summed E-state index contributed by atoms with van der Waals surface area (Å²) in [5, 5.41) is 0. The van der Waals surface area contributed by atoms with E-state index in [0.717, 1.165) is 12.1 Å². The maximum absolute atomic E-state index is 5.98. The highest BCUT2D eigenvalue weighted by atomic mass is 32.2. The fourth-order valence-corrected chi connectivity index (χ4v) is 3.68. The number of hydrogen-bond acceptors (Lipinski definition) is 3. The summed E-state index contributed by atoms with van der Waals surface area (Å²) in [6.45, 7) is 8.41. The van der Waals surface area contributed by atoms with E-state index in [9.17, 15) is 0 Å². The van der Waals surface area contributed by atoms with E-state index >= 15 is 0 Å². The van der Waals surface area contributed by atoms with Gasteiger partial charge in [0.1, 0.15) is 0 Å². The van der Waals surface area contributed by atoms with E-state index in [1.165, 1.54) is 43.8 Å². The third-order valence-electron chi connectivity index (χ3n) is 3.91. The number of nitrogen functional groups attached to an aromatic ring is 1. The minimum atomic E-state index is 0.457. The molecule has 0 aromatic heterocycles. The standard InChI is InChI=1S/C16H26N2S/c1-16(2)9-11-18(12-13-19-16)10-5-7-14-6-3-4-8-15(14)17/h3-4,6,8H,5,7,9-13,17H2,1-2H3. The van der Waals surface area contributed by atoms with Crippen molar-refractivity contribution in [2.75, 3.05) is 31.1 Å². The van der Waals surface area contributed by atoms with Crippen LogP contribution in [0.2, 0.25) is 0 Å². The van der Waals surface area contributed by atoms with Crippen LogP contribution in [0, 0.1) is 0 Å². The molecule has 0 aliphatic carbocycles. The Bertz CT molecular complexity index is 403. The molecular formula is C16H26N2S. The fraction of sp³-hybridized carbons (Fsp3) is 0.625. The zero-order chi connectivity index (χ0) is 13.7. The van der Waals surface area contributed by atoms with Gasteiger partial charge in [0.25, 0.3) is 0 Å². The van der Waals surface area contributed by atoms with Gasteiger partial charge in [-0.05, 0) is 44.0 Å². The second kappa shape index (κ2) is 6.67. The van der Waals surface area contributed by atoms with E-state index in [4.69, 9.17) is 5.73 Å². The Labute approximate surface area is 121 Å². The van der Waals surface area contributed by atoms with Crippen molar-refractivity contribution < 1.29 is 0 Å². The first-order valence-electron chi connectivity index (χ1n) is 7.26. The summed E-state index contributed by atoms with van der Waals surface area (Å²) in [6, 6.07) is 8.24. The van der Waals surface area contributed by atoms with Crippen LogP contribution >= 0.6 is 11.8 Å². The van der Waals surface area contributed by atoms with Crippen molar-refractivity contribution in [1.29, 1.82) is 0 Å². The number of aryl methyl sites for hydroxylation is 1. The molecular weight excluding hydrogens is 252 g/mol. The molecule has 0 bridgehead atoms. The predicted molar refractivity (Wildman–Crippen MR) is 86.8 cm³/mol. The van der Waals surface area contributed by atoms with Crippen LogP contribution in [0.1, 0.15) is 32.3 Å². The number of nitrogens with zero attached hydrogens (tertiary/aromatic N) is 1. The van der Waals surface area contributed by atoms with Crippen molar-refractivity contribution in [1.82, 2.24) is 4.90 Å². The lowest BCUT2D eigenvalue weighted by molar-refractivity contribution is 0.281. The average Bonchev–Trinajstić information content (AvgIpc) is 2.53. The van der Waals surface area contributed by atoms with Crippen LogP contribution in [0.3, 0.4) is 0 Å². The zero-order valence-electron chi connectivity index (χ0n) is 12.2. The quantitative estimate of drug-likeness (QED) is 0.856. The maximum Gasteiger partial charge on any atom is 0.0346 e. The van der Waals surface area contributed by atoms with Gasteiger partial charge in [0.05, 0.1) is 0 Å². The van der Waals surface area contributed by atoms with Crippen molar-refractivity contribution >= 4 is 17.4 Å². The first-order chi connectivity index (χ1) is 9.07. The summed E-state index contributed by atoms with van der Waals surface area (Å²) >= 11 is 2.12. The Kier molecular flexibility index (Phi) is 5.17. The van der Waals surface area contributed by atoms with Gasteiger partial charge in [-0.1, -0.05) is 32.0 Å². The minimum Gasteiger partial charge on any atom is -0.399 e. The van der Waals surface area contributed by atoms with E-state index < -0.39 is 0 Å². The number of benzene rings is 1. The van der Waals surface area contributed by atoms with Crippen molar-refractivity contribution in [3.05, 3.63) is 29.8 Å². The van der Waals surface area contributed by atoms with Gasteiger partial charge in [-0.2, -0.15) is 11.8 Å². The van der Waals surface area contributed by atoms with Crippen molar-refractivity contribution in [2.45, 2.75) is 37.9 Å². The van der Waals surface area contributed by atoms with Crippen molar-refractivity contribution in [3.8, 4) is 0 Å². The summed E-state index contributed by atoms with van der Waals surface area (Å²) in [5.41, 5.74) is 8.22. The average molecular weight is 278 g/mol. The molecule has 19 heavy (non-hydrogen) atoms. The molecule has 2 nitrogen and oxygen atoms in total. The second-order valence-corrected chi connectivity index (χ2v) is 7.80. The third-order valence-corrected chi connectivity index (χ3v) is 5.28. The SMILES string of the molecule is CC1(C)CCN(CCCc2ccccc2N)CCS1. The molecule has 2 rings (SSSR count). The first-order valence-corrected chi connectivity index (χ1v) is 8.25. The van der Waals surface area contributed by atoms with E-state index in [0.29, 0.717) is 4.75 Å². The van der Waals surface area contributed by atoms with Gasteiger partial charge in [-0.15, -0.1) is 0 Å². The molecule has 0 atom stereocenters. The van der Waals surface area contributed by atoms with Crippen molar-refractivity contribution in [3.63, 3.8) is 0 Å². The molecule has 0 saturated carbocycles. The second-order valence-electron chi connectivity index (χ2n) is 6.00. The Morgan fingerprint density at radius 1 is 1.26 bits per heavy atom. The molecule has 1 aromatic carbocycles. The highest BCUT2D eigenvalue weighted by Gasteiger charge is 2.23. The number of hydrogen-bond donors (Lipinski definition) is 1. The van der Waals surface area contributed by atoms with Gasteiger partial charge >= 0.3 is 0 Å². The van der Waals surface area contributed by atoms with Crippen LogP contribution in [0.4, 0.5) is 5.69 Å². The normalized spacial score (nSPS) is 20.1. The Balaban J connectivity index is 1.75. The molecule has 1 aliphatic rings. The molecule has 106 valence electrons. The van der Waals surface area contributed by atoms with Gasteiger partial charge in [0, 0.05) is 22.7 Å². The predicted octanol–water partition coefficient (Wildman–Crippen LogP) is 3.42. The van der Waals surface area contributed by atoms with Crippen LogP contribution in [0.5, 0.6) is 0 Å². The lowest BCUT2D eigenvalue weighted by atomic mass is 10.1. The number of anilines is 1. The van der Waals surface area contributed by atoms with E-state index in [1.807, 2.05) is 12.1 Å². The van der Waals surface area contributed by atoms with Gasteiger partial charge in [-0.3, -0.25) is 0 Å². The van der Waals surface area contributed by atoms with Crippen LogP contribution in [-0.4, -0.2) is 35.0 Å². The summed E-state index contributed by atoms with van der Waals surface area (Å²) in [7, 11) is 0. The highest BCUT2D eigenvalue weighted by Crippen LogP contribution is 2.30. The molecule has 0 spiro atoms. The van der Waals surface area contributed by atoms with E-state index in [1.54, 1.807) is 0 Å². The third kappa shape index (κ3) is 4.73. The summed E-state index contributed by atoms with van der Waals surface area (Å²) in [4.78, 5) is 2.61. The minimum absolute atomic E-state index is 0.457. The maximum atomic E-state index is 5.98. The molecule has 0 amide bonds. The van der Waals surface area contributed by atoms with Gasteiger partial charge in [0.2, 0.25) is 0 Å². The van der Waals surface area contributed by atoms with Crippen LogP contribution in [0.25, 0.3) is 0 Å². The Morgan fingerprint density at radius 2 is 2.05 bits per heavy atom. The lowest BCUT2D eigenvalue weighted by Crippen LogP contribution is -2.28. The molecule has 1 saturated heterocycles. The first kappa shape index (κ1) is 14.7. The molecule has 2 N–H and O–H groups in total. The highest BCUT2D eigenvalue weighted by molar-refractivity contribution is 8.00. The molecule has 1 heterocycles. The van der Waals surface area contributed by atoms with Gasteiger partial charge in [0.15, 0.2) is 0 Å². The van der Waals surface area contributed by atoms with Crippen molar-refractivity contribution in [2.24, 2.45) is 0 Å². The smallest absolute Gasteiger partial charge is 0.0346 e. The number of nitrogens with two attached hydrogens (primary N) is 1. The van der Waals surface area contributed by atoms with Crippen LogP contribution < -0.4 is 5.73 Å². The van der Waals surface area contributed by atoms with E-state index in [2.05, 4.69) is 42.6 Å². The molecule has 0 unspecified atom stereocenters. The monoisotopic (exact) mass is 278 g/mol. The topological polar surface area (TPSA) is 29.3 Å². The van der Waals surface area contributed by atoms with Gasteiger partial charge in [-0.25, -0.2) is 0 Å². The number of rotatable bonds is 4. The molecule has 0 radical (unpaired) electrons. The Morgan fingerprint density at radius 3 is 2.84 bits per heavy atom. The number of thioether (sulfide) groups is 1. The zero-order valence-corrected chi connectivity index (χ0v) is 13.0. The number of para-hydroxylation sites is 1.